The lowest BCUT2D eigenvalue weighted by atomic mass is 10.3. The molecule has 0 aliphatic carbocycles. The molecule has 0 fully saturated rings. The fourth-order valence-corrected chi connectivity index (χ4v) is 1.69. The Labute approximate surface area is 118 Å². The second-order valence-corrected chi connectivity index (χ2v) is 4.42. The van der Waals surface area contributed by atoms with E-state index in [9.17, 15) is 0 Å². The van der Waals surface area contributed by atoms with Gasteiger partial charge in [0.1, 0.15) is 12.2 Å². The van der Waals surface area contributed by atoms with E-state index in [4.69, 9.17) is 21.9 Å². The van der Waals surface area contributed by atoms with Crippen LogP contribution in [0, 0.1) is 0 Å². The highest BCUT2D eigenvalue weighted by molar-refractivity contribution is 6.30. The summed E-state index contributed by atoms with van der Waals surface area (Å²) in [5.41, 5.74) is 6.75. The van der Waals surface area contributed by atoms with Crippen molar-refractivity contribution in [1.29, 1.82) is 0 Å². The first-order valence-corrected chi connectivity index (χ1v) is 6.16. The molecule has 0 radical (unpaired) electrons. The van der Waals surface area contributed by atoms with Crippen molar-refractivity contribution >= 4 is 11.6 Å². The number of hydrogen-bond acceptors (Lipinski definition) is 7. The second kappa shape index (κ2) is 5.35. The maximum atomic E-state index is 5.77. The molecule has 0 bridgehead atoms. The molecule has 0 unspecified atom stereocenters. The van der Waals surface area contributed by atoms with Crippen LogP contribution in [-0.2, 0) is 13.1 Å². The van der Waals surface area contributed by atoms with Crippen LogP contribution in [0.2, 0.25) is 5.02 Å². The number of pyridine rings is 1. The normalized spacial score (nSPS) is 10.9. The second-order valence-electron chi connectivity index (χ2n) is 3.98. The number of aromatic nitrogens is 6. The molecule has 20 heavy (non-hydrogen) atoms. The maximum Gasteiger partial charge on any atom is 0.248 e. The van der Waals surface area contributed by atoms with Crippen molar-refractivity contribution < 1.29 is 4.52 Å². The van der Waals surface area contributed by atoms with Gasteiger partial charge < -0.3 is 10.3 Å². The minimum atomic E-state index is 0.327. The zero-order valence-electron chi connectivity index (χ0n) is 10.3. The Balaban J connectivity index is 1.78. The number of rotatable bonds is 4. The van der Waals surface area contributed by atoms with Crippen LogP contribution in [0.25, 0.3) is 11.5 Å². The van der Waals surface area contributed by atoms with E-state index < -0.39 is 0 Å². The Morgan fingerprint density at radius 1 is 1.35 bits per heavy atom. The third-order valence-corrected chi connectivity index (χ3v) is 2.74. The van der Waals surface area contributed by atoms with Crippen molar-refractivity contribution in [2.45, 2.75) is 13.1 Å². The Morgan fingerprint density at radius 2 is 2.25 bits per heavy atom. The summed E-state index contributed by atoms with van der Waals surface area (Å²) in [6.07, 6.45) is 3.25. The van der Waals surface area contributed by atoms with Gasteiger partial charge in [-0.2, -0.15) is 4.98 Å². The van der Waals surface area contributed by atoms with Crippen LogP contribution in [0.15, 0.2) is 29.0 Å². The van der Waals surface area contributed by atoms with Crippen molar-refractivity contribution in [1.82, 2.24) is 30.1 Å². The van der Waals surface area contributed by atoms with Gasteiger partial charge in [-0.1, -0.05) is 22.0 Å². The van der Waals surface area contributed by atoms with Crippen molar-refractivity contribution in [3.05, 3.63) is 41.1 Å². The fraction of sp³-hybridized carbons (Fsp3) is 0.182. The molecule has 3 aromatic rings. The molecule has 0 aliphatic heterocycles. The van der Waals surface area contributed by atoms with Gasteiger partial charge in [0.05, 0.1) is 16.9 Å². The largest absolute Gasteiger partial charge is 0.337 e. The minimum Gasteiger partial charge on any atom is -0.337 e. The van der Waals surface area contributed by atoms with Gasteiger partial charge in [0.15, 0.2) is 0 Å². The molecule has 3 aromatic heterocycles. The highest BCUT2D eigenvalue weighted by atomic mass is 35.5. The Kier molecular flexibility index (Phi) is 3.40. The van der Waals surface area contributed by atoms with Gasteiger partial charge in [-0.15, -0.1) is 5.10 Å². The number of hydrogen-bond donors (Lipinski definition) is 1. The molecule has 0 spiro atoms. The van der Waals surface area contributed by atoms with Crippen LogP contribution in [-0.4, -0.2) is 30.1 Å². The van der Waals surface area contributed by atoms with Crippen LogP contribution in [0.5, 0.6) is 0 Å². The van der Waals surface area contributed by atoms with Crippen molar-refractivity contribution in [2.75, 3.05) is 0 Å². The molecule has 3 rings (SSSR count). The van der Waals surface area contributed by atoms with E-state index in [-0.39, 0.29) is 0 Å². The average molecular weight is 292 g/mol. The Morgan fingerprint density at radius 3 is 2.95 bits per heavy atom. The maximum absolute atomic E-state index is 5.77. The van der Waals surface area contributed by atoms with E-state index in [0.717, 1.165) is 0 Å². The van der Waals surface area contributed by atoms with Gasteiger partial charge in [-0.3, -0.25) is 4.98 Å². The molecule has 0 saturated heterocycles. The summed E-state index contributed by atoms with van der Waals surface area (Å²) in [5.74, 6) is 0.807. The highest BCUT2D eigenvalue weighted by Crippen LogP contribution is 2.15. The molecule has 0 aliphatic rings. The fourth-order valence-electron chi connectivity index (χ4n) is 1.58. The van der Waals surface area contributed by atoms with E-state index in [1.165, 1.54) is 6.20 Å². The van der Waals surface area contributed by atoms with Crippen LogP contribution in [0.3, 0.4) is 0 Å². The lowest BCUT2D eigenvalue weighted by Crippen LogP contribution is -2.01. The predicted molar refractivity (Wildman–Crippen MR) is 69.6 cm³/mol. The quantitative estimate of drug-likeness (QED) is 0.760. The molecule has 102 valence electrons. The molecular formula is C11H10ClN7O. The summed E-state index contributed by atoms with van der Waals surface area (Å²) in [7, 11) is 0. The summed E-state index contributed by atoms with van der Waals surface area (Å²) in [6, 6.07) is 3.43. The zero-order valence-corrected chi connectivity index (χ0v) is 11.0. The zero-order chi connectivity index (χ0) is 13.9. The van der Waals surface area contributed by atoms with E-state index in [2.05, 4.69) is 25.4 Å². The van der Waals surface area contributed by atoms with Gasteiger partial charge in [0, 0.05) is 12.7 Å². The van der Waals surface area contributed by atoms with Crippen LogP contribution < -0.4 is 5.73 Å². The van der Waals surface area contributed by atoms with Crippen molar-refractivity contribution in [2.24, 2.45) is 5.73 Å². The van der Waals surface area contributed by atoms with Gasteiger partial charge in [-0.05, 0) is 12.1 Å². The summed E-state index contributed by atoms with van der Waals surface area (Å²) < 4.78 is 6.72. The summed E-state index contributed by atoms with van der Waals surface area (Å²) >= 11 is 5.77. The molecule has 0 atom stereocenters. The highest BCUT2D eigenvalue weighted by Gasteiger charge is 2.11. The molecule has 8 nitrogen and oxygen atoms in total. The summed E-state index contributed by atoms with van der Waals surface area (Å²) in [4.78, 5) is 8.36. The number of nitrogens with zero attached hydrogens (tertiary/aromatic N) is 6. The van der Waals surface area contributed by atoms with Gasteiger partial charge in [0.2, 0.25) is 11.7 Å². The van der Waals surface area contributed by atoms with Crippen molar-refractivity contribution in [3.8, 4) is 11.5 Å². The number of nitrogens with two attached hydrogens (primary N) is 1. The third-order valence-electron chi connectivity index (χ3n) is 2.52. The van der Waals surface area contributed by atoms with Gasteiger partial charge >= 0.3 is 0 Å². The molecular weight excluding hydrogens is 282 g/mol. The first-order chi connectivity index (χ1) is 9.74. The molecule has 0 amide bonds. The van der Waals surface area contributed by atoms with E-state index in [1.807, 2.05) is 0 Å². The molecule has 2 N–H and O–H groups in total. The summed E-state index contributed by atoms with van der Waals surface area (Å²) in [5, 5.41) is 12.2. The third kappa shape index (κ3) is 2.65. The van der Waals surface area contributed by atoms with E-state index in [1.54, 1.807) is 23.0 Å². The molecule has 9 heteroatoms. The van der Waals surface area contributed by atoms with Crippen LogP contribution in [0.1, 0.15) is 11.6 Å². The average Bonchev–Trinajstić information content (AvgIpc) is 3.09. The van der Waals surface area contributed by atoms with E-state index in [0.29, 0.717) is 41.2 Å². The predicted octanol–water partition coefficient (Wildman–Crippen LogP) is 0.883. The molecule has 0 aromatic carbocycles. The topological polar surface area (TPSA) is 109 Å². The van der Waals surface area contributed by atoms with Crippen LogP contribution in [0.4, 0.5) is 0 Å². The lowest BCUT2D eigenvalue weighted by Gasteiger charge is -1.93. The Bertz CT molecular complexity index is 706. The van der Waals surface area contributed by atoms with Crippen LogP contribution >= 0.6 is 11.6 Å². The van der Waals surface area contributed by atoms with Gasteiger partial charge in [0.25, 0.3) is 0 Å². The van der Waals surface area contributed by atoms with Gasteiger partial charge in [-0.25, -0.2) is 4.68 Å². The van der Waals surface area contributed by atoms with Crippen molar-refractivity contribution in [3.63, 3.8) is 0 Å². The SMILES string of the molecule is NCc1cn(Cc2nc(-c3ccc(Cl)cn3)no2)nn1. The Hall–Kier alpha value is -2.32. The lowest BCUT2D eigenvalue weighted by molar-refractivity contribution is 0.364. The number of halogens is 1. The first kappa shape index (κ1) is 12.7. The monoisotopic (exact) mass is 291 g/mol. The standard InChI is InChI=1S/C11H10ClN7O/c12-7-1-2-9(14-4-7)11-15-10(20-17-11)6-19-5-8(3-13)16-18-19/h1-2,4-5H,3,6,13H2. The van der Waals surface area contributed by atoms with E-state index >= 15 is 0 Å². The molecule has 3 heterocycles. The molecule has 0 saturated carbocycles. The summed E-state index contributed by atoms with van der Waals surface area (Å²) in [6.45, 7) is 0.664. The smallest absolute Gasteiger partial charge is 0.248 e. The minimum absolute atomic E-state index is 0.327. The first-order valence-electron chi connectivity index (χ1n) is 5.78.